The molecule has 0 spiro atoms. The van der Waals surface area contributed by atoms with Crippen LogP contribution >= 0.6 is 11.8 Å². The molecule has 0 saturated carbocycles. The molecular formula is C11H14F2O2S. The number of benzene rings is 1. The first-order valence-corrected chi connectivity index (χ1v) is 6.05. The molecule has 0 bridgehead atoms. The first-order chi connectivity index (χ1) is 7.54. The molecule has 0 aliphatic rings. The normalized spacial score (nSPS) is 15.1. The molecule has 0 aromatic heterocycles. The van der Waals surface area contributed by atoms with Gasteiger partial charge in [0.15, 0.2) is 0 Å². The molecule has 0 saturated heterocycles. The number of hydrogen-bond acceptors (Lipinski definition) is 3. The largest absolute Gasteiger partial charge is 0.388 e. The molecule has 5 heteroatoms. The van der Waals surface area contributed by atoms with Gasteiger partial charge < -0.3 is 10.2 Å². The summed E-state index contributed by atoms with van der Waals surface area (Å²) in [5.41, 5.74) is 0.539. The van der Waals surface area contributed by atoms with Gasteiger partial charge in [-0.15, -0.1) is 11.8 Å². The number of alkyl halides is 2. The third-order valence-corrected chi connectivity index (χ3v) is 3.00. The predicted octanol–water partition coefficient (Wildman–Crippen LogP) is 2.46. The van der Waals surface area contributed by atoms with E-state index in [2.05, 4.69) is 0 Å². The minimum absolute atomic E-state index is 0.351. The highest BCUT2D eigenvalue weighted by Crippen LogP contribution is 2.23. The average molecular weight is 248 g/mol. The zero-order chi connectivity index (χ0) is 12.1. The summed E-state index contributed by atoms with van der Waals surface area (Å²) >= 11 is 1.56. The van der Waals surface area contributed by atoms with Gasteiger partial charge in [0.2, 0.25) is 0 Å². The maximum atomic E-state index is 12.1. The maximum Gasteiger partial charge on any atom is 0.264 e. The van der Waals surface area contributed by atoms with Crippen molar-refractivity contribution in [2.45, 2.75) is 29.9 Å². The molecule has 1 rings (SSSR count). The van der Waals surface area contributed by atoms with Gasteiger partial charge in [-0.3, -0.25) is 0 Å². The Hall–Kier alpha value is -0.650. The summed E-state index contributed by atoms with van der Waals surface area (Å²) in [7, 11) is 0. The lowest BCUT2D eigenvalue weighted by atomic mass is 10.0. The van der Waals surface area contributed by atoms with E-state index in [9.17, 15) is 13.9 Å². The van der Waals surface area contributed by atoms with Crippen LogP contribution in [0.3, 0.4) is 0 Å². The quantitative estimate of drug-likeness (QED) is 0.786. The van der Waals surface area contributed by atoms with Gasteiger partial charge in [-0.05, 0) is 24.0 Å². The summed E-state index contributed by atoms with van der Waals surface area (Å²) in [5.74, 6) is 0. The van der Waals surface area contributed by atoms with Crippen LogP contribution in [0.25, 0.3) is 0 Å². The van der Waals surface area contributed by atoms with E-state index in [0.29, 0.717) is 5.56 Å². The van der Waals surface area contributed by atoms with Gasteiger partial charge in [0.25, 0.3) is 6.43 Å². The van der Waals surface area contributed by atoms with Crippen molar-refractivity contribution in [2.24, 2.45) is 0 Å². The van der Waals surface area contributed by atoms with Crippen LogP contribution < -0.4 is 0 Å². The van der Waals surface area contributed by atoms with Gasteiger partial charge in [-0.25, -0.2) is 8.78 Å². The number of hydrogen-bond donors (Lipinski definition) is 2. The predicted molar refractivity (Wildman–Crippen MR) is 59.8 cm³/mol. The van der Waals surface area contributed by atoms with Crippen molar-refractivity contribution in [1.29, 1.82) is 0 Å². The molecule has 16 heavy (non-hydrogen) atoms. The van der Waals surface area contributed by atoms with E-state index in [0.717, 1.165) is 4.90 Å². The van der Waals surface area contributed by atoms with Crippen LogP contribution in [-0.4, -0.2) is 29.0 Å². The summed E-state index contributed by atoms with van der Waals surface area (Å²) in [6, 6.07) is 6.96. The van der Waals surface area contributed by atoms with Crippen LogP contribution in [0.5, 0.6) is 0 Å². The van der Waals surface area contributed by atoms with Gasteiger partial charge in [0.05, 0.1) is 6.10 Å². The van der Waals surface area contributed by atoms with Gasteiger partial charge in [-0.2, -0.15) is 0 Å². The van der Waals surface area contributed by atoms with Crippen molar-refractivity contribution < 1.29 is 19.0 Å². The second-order valence-corrected chi connectivity index (χ2v) is 4.31. The average Bonchev–Trinajstić information content (AvgIpc) is 2.28. The Morgan fingerprint density at radius 2 is 1.75 bits per heavy atom. The lowest BCUT2D eigenvalue weighted by molar-refractivity contribution is -0.0320. The standard InChI is InChI=1S/C11H14F2O2S/c1-16-8-4-2-7(3-5-8)9(14)6-10(15)11(12)13/h2-5,9-11,14-15H,6H2,1H3. The Bertz CT molecular complexity index is 316. The first kappa shape index (κ1) is 13.4. The van der Waals surface area contributed by atoms with Gasteiger partial charge >= 0.3 is 0 Å². The van der Waals surface area contributed by atoms with Gasteiger partial charge in [0, 0.05) is 11.3 Å². The molecule has 2 unspecified atom stereocenters. The highest BCUT2D eigenvalue weighted by molar-refractivity contribution is 7.98. The fraction of sp³-hybridized carbons (Fsp3) is 0.455. The molecule has 0 aliphatic carbocycles. The van der Waals surface area contributed by atoms with E-state index in [4.69, 9.17) is 5.11 Å². The monoisotopic (exact) mass is 248 g/mol. The third-order valence-electron chi connectivity index (χ3n) is 2.26. The highest BCUT2D eigenvalue weighted by atomic mass is 32.2. The summed E-state index contributed by atoms with van der Waals surface area (Å²) in [4.78, 5) is 1.03. The summed E-state index contributed by atoms with van der Waals surface area (Å²) in [5, 5.41) is 18.5. The second-order valence-electron chi connectivity index (χ2n) is 3.43. The molecule has 0 aliphatic heterocycles. The Labute approximate surface area is 97.3 Å². The number of halogens is 2. The fourth-order valence-electron chi connectivity index (χ4n) is 1.29. The topological polar surface area (TPSA) is 40.5 Å². The van der Waals surface area contributed by atoms with E-state index < -0.39 is 18.6 Å². The Morgan fingerprint density at radius 3 is 2.19 bits per heavy atom. The van der Waals surface area contributed by atoms with Gasteiger partial charge in [0.1, 0.15) is 6.10 Å². The van der Waals surface area contributed by atoms with Crippen molar-refractivity contribution in [2.75, 3.05) is 6.26 Å². The van der Waals surface area contributed by atoms with Gasteiger partial charge in [-0.1, -0.05) is 12.1 Å². The van der Waals surface area contributed by atoms with Crippen LogP contribution in [0.4, 0.5) is 8.78 Å². The lowest BCUT2D eigenvalue weighted by Gasteiger charge is -2.15. The van der Waals surface area contributed by atoms with Crippen molar-refractivity contribution in [3.05, 3.63) is 29.8 Å². The number of aliphatic hydroxyl groups excluding tert-OH is 2. The zero-order valence-electron chi connectivity index (χ0n) is 8.81. The van der Waals surface area contributed by atoms with Crippen LogP contribution in [-0.2, 0) is 0 Å². The van der Waals surface area contributed by atoms with E-state index in [1.54, 1.807) is 36.0 Å². The smallest absolute Gasteiger partial charge is 0.264 e. The fourth-order valence-corrected chi connectivity index (χ4v) is 1.70. The van der Waals surface area contributed by atoms with Crippen molar-refractivity contribution in [1.82, 2.24) is 0 Å². The maximum absolute atomic E-state index is 12.1. The lowest BCUT2D eigenvalue weighted by Crippen LogP contribution is -2.20. The number of thioether (sulfide) groups is 1. The molecule has 0 radical (unpaired) electrons. The molecule has 2 atom stereocenters. The summed E-state index contributed by atoms with van der Waals surface area (Å²) < 4.78 is 24.1. The van der Waals surface area contributed by atoms with E-state index in [1.807, 2.05) is 6.26 Å². The molecule has 90 valence electrons. The van der Waals surface area contributed by atoms with E-state index in [1.165, 1.54) is 0 Å². The molecule has 0 heterocycles. The molecule has 0 fully saturated rings. The van der Waals surface area contributed by atoms with Crippen LogP contribution in [0, 0.1) is 0 Å². The minimum atomic E-state index is -2.82. The SMILES string of the molecule is CSc1ccc(C(O)CC(O)C(F)F)cc1. The van der Waals surface area contributed by atoms with Crippen molar-refractivity contribution in [3.63, 3.8) is 0 Å². The zero-order valence-corrected chi connectivity index (χ0v) is 9.62. The third kappa shape index (κ3) is 3.73. The van der Waals surface area contributed by atoms with Crippen LogP contribution in [0.15, 0.2) is 29.2 Å². The molecule has 1 aromatic rings. The summed E-state index contributed by atoms with van der Waals surface area (Å²) in [6.45, 7) is 0. The molecular weight excluding hydrogens is 234 g/mol. The Morgan fingerprint density at radius 1 is 1.19 bits per heavy atom. The van der Waals surface area contributed by atoms with E-state index in [-0.39, 0.29) is 6.42 Å². The minimum Gasteiger partial charge on any atom is -0.388 e. The Kier molecular flexibility index (Phi) is 5.18. The number of rotatable bonds is 5. The first-order valence-electron chi connectivity index (χ1n) is 4.83. The van der Waals surface area contributed by atoms with E-state index >= 15 is 0 Å². The second kappa shape index (κ2) is 6.18. The molecule has 0 amide bonds. The van der Waals surface area contributed by atoms with Crippen LogP contribution in [0.1, 0.15) is 18.1 Å². The molecule has 2 nitrogen and oxygen atoms in total. The molecule has 1 aromatic carbocycles. The molecule has 2 N–H and O–H groups in total. The Balaban J connectivity index is 2.62. The highest BCUT2D eigenvalue weighted by Gasteiger charge is 2.21. The number of aliphatic hydroxyl groups is 2. The summed E-state index contributed by atoms with van der Waals surface area (Å²) in [6.07, 6.45) is -4.09. The van der Waals surface area contributed by atoms with Crippen molar-refractivity contribution >= 4 is 11.8 Å². The van der Waals surface area contributed by atoms with Crippen molar-refractivity contribution in [3.8, 4) is 0 Å². The van der Waals surface area contributed by atoms with Crippen LogP contribution in [0.2, 0.25) is 0 Å².